The number of aromatic amines is 1. The number of benzene rings is 1. The van der Waals surface area contributed by atoms with E-state index in [4.69, 9.17) is 9.41 Å². The lowest BCUT2D eigenvalue weighted by atomic mass is 10.2. The molecule has 1 saturated heterocycles. The minimum Gasteiger partial charge on any atom is -0.461 e. The highest BCUT2D eigenvalue weighted by Gasteiger charge is 2.22. The van der Waals surface area contributed by atoms with Crippen LogP contribution in [0.1, 0.15) is 12.7 Å². The summed E-state index contributed by atoms with van der Waals surface area (Å²) >= 11 is 0. The summed E-state index contributed by atoms with van der Waals surface area (Å²) in [6.45, 7) is 5.77. The molecule has 0 unspecified atom stereocenters. The second kappa shape index (κ2) is 11.2. The van der Waals surface area contributed by atoms with Crippen molar-refractivity contribution in [2.75, 3.05) is 44.2 Å². The average molecular weight is 557 g/mol. The Kier molecular flexibility index (Phi) is 8.42. The molecule has 0 radical (unpaired) electrons. The van der Waals surface area contributed by atoms with Gasteiger partial charge < -0.3 is 19.5 Å². The third-order valence-corrected chi connectivity index (χ3v) is 5.05. The number of guanidine groups is 1. The van der Waals surface area contributed by atoms with Crippen molar-refractivity contribution >= 4 is 35.6 Å². The number of hydrogen-bond acceptors (Lipinski definition) is 5. The number of hydrogen-bond donors (Lipinski definition) is 2. The fraction of sp³-hybridized carbons (Fsp3) is 0.381. The molecule has 172 valence electrons. The van der Waals surface area contributed by atoms with E-state index in [9.17, 15) is 8.78 Å². The van der Waals surface area contributed by atoms with E-state index in [-0.39, 0.29) is 24.0 Å². The first kappa shape index (κ1) is 24.0. The lowest BCUT2D eigenvalue weighted by Gasteiger charge is -2.37. The molecule has 8 nitrogen and oxygen atoms in total. The molecule has 0 amide bonds. The molecule has 0 bridgehead atoms. The van der Waals surface area contributed by atoms with E-state index in [0.29, 0.717) is 56.4 Å². The third kappa shape index (κ3) is 5.75. The summed E-state index contributed by atoms with van der Waals surface area (Å²) in [5.41, 5.74) is 0.305. The SMILES string of the molecule is CCNC(=NCCc1nc(-c2ccco2)n[nH]1)N1CCN(c2cc(F)ccc2F)CC1.I. The van der Waals surface area contributed by atoms with Crippen molar-refractivity contribution in [3.8, 4) is 11.6 Å². The smallest absolute Gasteiger partial charge is 0.216 e. The summed E-state index contributed by atoms with van der Waals surface area (Å²) in [7, 11) is 0. The first-order valence-corrected chi connectivity index (χ1v) is 10.3. The third-order valence-electron chi connectivity index (χ3n) is 5.05. The fourth-order valence-electron chi connectivity index (χ4n) is 3.50. The molecule has 2 N–H and O–H groups in total. The Morgan fingerprint density at radius 3 is 2.75 bits per heavy atom. The molecule has 0 atom stereocenters. The van der Waals surface area contributed by atoms with Gasteiger partial charge in [0.15, 0.2) is 11.7 Å². The molecular formula is C21H26F2IN7O. The first-order valence-electron chi connectivity index (χ1n) is 10.3. The Bertz CT molecular complexity index is 1020. The number of anilines is 1. The molecule has 3 aromatic rings. The molecule has 4 rings (SSSR count). The summed E-state index contributed by atoms with van der Waals surface area (Å²) in [5.74, 6) is 1.83. The minimum atomic E-state index is -0.434. The van der Waals surface area contributed by atoms with E-state index in [2.05, 4.69) is 25.4 Å². The number of rotatable bonds is 6. The van der Waals surface area contributed by atoms with Gasteiger partial charge in [-0.1, -0.05) is 0 Å². The molecular weight excluding hydrogens is 531 g/mol. The zero-order valence-electron chi connectivity index (χ0n) is 17.7. The maximum absolute atomic E-state index is 14.1. The van der Waals surface area contributed by atoms with E-state index in [0.717, 1.165) is 24.4 Å². The van der Waals surface area contributed by atoms with Crippen molar-refractivity contribution in [1.29, 1.82) is 0 Å². The zero-order chi connectivity index (χ0) is 21.6. The molecule has 11 heteroatoms. The molecule has 3 heterocycles. The molecule has 1 aliphatic heterocycles. The van der Waals surface area contributed by atoms with Crippen molar-refractivity contribution in [1.82, 2.24) is 25.4 Å². The quantitative estimate of drug-likeness (QED) is 0.275. The predicted octanol–water partition coefficient (Wildman–Crippen LogP) is 3.29. The highest BCUT2D eigenvalue weighted by Crippen LogP contribution is 2.22. The maximum atomic E-state index is 14.1. The summed E-state index contributed by atoms with van der Waals surface area (Å²) in [4.78, 5) is 13.1. The molecule has 1 aliphatic rings. The van der Waals surface area contributed by atoms with Crippen LogP contribution in [0.4, 0.5) is 14.5 Å². The summed E-state index contributed by atoms with van der Waals surface area (Å²) < 4.78 is 32.9. The maximum Gasteiger partial charge on any atom is 0.216 e. The van der Waals surface area contributed by atoms with Crippen LogP contribution in [0.25, 0.3) is 11.6 Å². The normalized spacial score (nSPS) is 14.4. The van der Waals surface area contributed by atoms with Crippen LogP contribution in [-0.2, 0) is 6.42 Å². The number of halogens is 3. The summed E-state index contributed by atoms with van der Waals surface area (Å²) in [5, 5.41) is 10.4. The average Bonchev–Trinajstić information content (AvgIpc) is 3.47. The lowest BCUT2D eigenvalue weighted by molar-refractivity contribution is 0.370. The van der Waals surface area contributed by atoms with Crippen molar-refractivity contribution in [2.24, 2.45) is 4.99 Å². The van der Waals surface area contributed by atoms with Crippen LogP contribution in [-0.4, -0.2) is 65.3 Å². The van der Waals surface area contributed by atoms with Crippen molar-refractivity contribution < 1.29 is 13.2 Å². The Labute approximate surface area is 202 Å². The Balaban J connectivity index is 0.00000289. The second-order valence-corrected chi connectivity index (χ2v) is 7.14. The van der Waals surface area contributed by atoms with Gasteiger partial charge in [-0.3, -0.25) is 10.1 Å². The van der Waals surface area contributed by atoms with Gasteiger partial charge in [-0.05, 0) is 31.2 Å². The molecule has 1 aromatic carbocycles. The highest BCUT2D eigenvalue weighted by molar-refractivity contribution is 14.0. The van der Waals surface area contributed by atoms with E-state index < -0.39 is 11.6 Å². The number of nitrogens with zero attached hydrogens (tertiary/aromatic N) is 5. The molecule has 2 aromatic heterocycles. The summed E-state index contributed by atoms with van der Waals surface area (Å²) in [6.07, 6.45) is 2.19. The van der Waals surface area contributed by atoms with Gasteiger partial charge in [0.1, 0.15) is 17.5 Å². The second-order valence-electron chi connectivity index (χ2n) is 7.14. The highest BCUT2D eigenvalue weighted by atomic mass is 127. The van der Waals surface area contributed by atoms with E-state index in [1.165, 1.54) is 12.1 Å². The van der Waals surface area contributed by atoms with Crippen LogP contribution in [0.5, 0.6) is 0 Å². The van der Waals surface area contributed by atoms with Crippen LogP contribution in [0, 0.1) is 11.6 Å². The minimum absolute atomic E-state index is 0. The van der Waals surface area contributed by atoms with Crippen LogP contribution in [0.15, 0.2) is 46.0 Å². The Morgan fingerprint density at radius 2 is 2.03 bits per heavy atom. The van der Waals surface area contributed by atoms with Crippen LogP contribution < -0.4 is 10.2 Å². The van der Waals surface area contributed by atoms with Gasteiger partial charge in [0.05, 0.1) is 12.0 Å². The molecule has 0 spiro atoms. The summed E-state index contributed by atoms with van der Waals surface area (Å²) in [6, 6.07) is 7.16. The topological polar surface area (TPSA) is 85.6 Å². The number of aromatic nitrogens is 3. The Hall–Kier alpha value is -2.70. The largest absolute Gasteiger partial charge is 0.461 e. The van der Waals surface area contributed by atoms with Gasteiger partial charge in [-0.2, -0.15) is 5.10 Å². The van der Waals surface area contributed by atoms with Crippen LogP contribution >= 0.6 is 24.0 Å². The number of H-pyrrole nitrogens is 1. The standard InChI is InChI=1S/C21H25F2N7O.HI/c1-2-24-21(25-8-7-19-26-20(28-27-19)18-4-3-13-31-18)30-11-9-29(10-12-30)17-14-15(22)5-6-16(17)23;/h3-6,13-14H,2,7-12H2,1H3,(H,24,25)(H,26,27,28);1H. The number of aliphatic imine (C=N–C) groups is 1. The van der Waals surface area contributed by atoms with Gasteiger partial charge in [0.2, 0.25) is 5.82 Å². The monoisotopic (exact) mass is 557 g/mol. The fourth-order valence-corrected chi connectivity index (χ4v) is 3.50. The van der Waals surface area contributed by atoms with Crippen molar-refractivity contribution in [3.05, 3.63) is 54.1 Å². The number of nitrogens with one attached hydrogen (secondary N) is 2. The van der Waals surface area contributed by atoms with Crippen LogP contribution in [0.3, 0.4) is 0 Å². The number of piperazine rings is 1. The van der Waals surface area contributed by atoms with E-state index in [1.54, 1.807) is 12.3 Å². The molecule has 32 heavy (non-hydrogen) atoms. The van der Waals surface area contributed by atoms with Gasteiger partial charge in [-0.15, -0.1) is 24.0 Å². The van der Waals surface area contributed by atoms with Crippen molar-refractivity contribution in [2.45, 2.75) is 13.3 Å². The predicted molar refractivity (Wildman–Crippen MR) is 129 cm³/mol. The molecule has 0 aliphatic carbocycles. The van der Waals surface area contributed by atoms with Gasteiger partial charge in [0.25, 0.3) is 0 Å². The van der Waals surface area contributed by atoms with Gasteiger partial charge in [0, 0.05) is 51.8 Å². The molecule has 0 saturated carbocycles. The van der Waals surface area contributed by atoms with Crippen molar-refractivity contribution in [3.63, 3.8) is 0 Å². The van der Waals surface area contributed by atoms with Gasteiger partial charge in [-0.25, -0.2) is 13.8 Å². The first-order chi connectivity index (χ1) is 15.1. The molecule has 1 fully saturated rings. The van der Waals surface area contributed by atoms with E-state index in [1.807, 2.05) is 17.9 Å². The Morgan fingerprint density at radius 1 is 1.22 bits per heavy atom. The lowest BCUT2D eigenvalue weighted by Crippen LogP contribution is -2.52. The van der Waals surface area contributed by atoms with E-state index >= 15 is 0 Å². The zero-order valence-corrected chi connectivity index (χ0v) is 20.1. The van der Waals surface area contributed by atoms with Crippen LogP contribution in [0.2, 0.25) is 0 Å². The number of furan rings is 1. The van der Waals surface area contributed by atoms with Gasteiger partial charge >= 0.3 is 0 Å².